The highest BCUT2D eigenvalue weighted by Crippen LogP contribution is 2.43. The van der Waals surface area contributed by atoms with E-state index in [1.54, 1.807) is 0 Å². The maximum Gasteiger partial charge on any atom is 0.230 e. The average molecular weight is 273 g/mol. The standard InChI is InChI=1S/C11H19N3OS2/c1-3-8-9(17-5-4-16-8)10-13-11(15-14-10)7(2)6-12/h7-9H,3-6,12H2,1-2H3. The fraction of sp³-hybridized carbons (Fsp3) is 0.818. The quantitative estimate of drug-likeness (QED) is 0.909. The van der Waals surface area contributed by atoms with Gasteiger partial charge in [-0.1, -0.05) is 19.0 Å². The van der Waals surface area contributed by atoms with E-state index >= 15 is 0 Å². The van der Waals surface area contributed by atoms with Crippen molar-refractivity contribution >= 4 is 23.5 Å². The molecule has 0 aliphatic carbocycles. The van der Waals surface area contributed by atoms with Crippen LogP contribution in [0.4, 0.5) is 0 Å². The molecule has 1 aromatic rings. The van der Waals surface area contributed by atoms with Gasteiger partial charge in [0.2, 0.25) is 5.89 Å². The molecule has 0 saturated carbocycles. The third kappa shape index (κ3) is 2.98. The van der Waals surface area contributed by atoms with Crippen LogP contribution in [0.3, 0.4) is 0 Å². The van der Waals surface area contributed by atoms with E-state index in [0.29, 0.717) is 22.9 Å². The van der Waals surface area contributed by atoms with Gasteiger partial charge >= 0.3 is 0 Å². The Balaban J connectivity index is 2.12. The summed E-state index contributed by atoms with van der Waals surface area (Å²) >= 11 is 3.97. The maximum absolute atomic E-state index is 5.61. The van der Waals surface area contributed by atoms with Gasteiger partial charge in [-0.2, -0.15) is 16.7 Å². The molecule has 0 aromatic carbocycles. The van der Waals surface area contributed by atoms with E-state index < -0.39 is 0 Å². The molecule has 1 saturated heterocycles. The molecule has 1 fully saturated rings. The van der Waals surface area contributed by atoms with Crippen LogP contribution in [0.2, 0.25) is 0 Å². The first-order chi connectivity index (χ1) is 8.26. The van der Waals surface area contributed by atoms with Crippen LogP contribution in [0.1, 0.15) is 43.2 Å². The molecule has 3 unspecified atom stereocenters. The minimum Gasteiger partial charge on any atom is -0.339 e. The van der Waals surface area contributed by atoms with Crippen LogP contribution < -0.4 is 5.73 Å². The summed E-state index contributed by atoms with van der Waals surface area (Å²) in [7, 11) is 0. The Bertz CT molecular complexity index is 358. The molecule has 2 rings (SSSR count). The van der Waals surface area contributed by atoms with Crippen LogP contribution in [0.15, 0.2) is 4.52 Å². The third-order valence-corrected chi connectivity index (χ3v) is 6.18. The van der Waals surface area contributed by atoms with E-state index in [9.17, 15) is 0 Å². The predicted octanol–water partition coefficient (Wildman–Crippen LogP) is 2.43. The zero-order chi connectivity index (χ0) is 12.3. The summed E-state index contributed by atoms with van der Waals surface area (Å²) in [6.07, 6.45) is 1.15. The number of thioether (sulfide) groups is 2. The minimum absolute atomic E-state index is 0.151. The summed E-state index contributed by atoms with van der Waals surface area (Å²) in [5, 5.41) is 5.11. The topological polar surface area (TPSA) is 64.9 Å². The van der Waals surface area contributed by atoms with Gasteiger partial charge in [-0.05, 0) is 6.42 Å². The lowest BCUT2D eigenvalue weighted by Crippen LogP contribution is -2.19. The monoisotopic (exact) mass is 273 g/mol. The number of hydrogen-bond donors (Lipinski definition) is 1. The molecule has 4 nitrogen and oxygen atoms in total. The van der Waals surface area contributed by atoms with Gasteiger partial charge < -0.3 is 10.3 Å². The summed E-state index contributed by atoms with van der Waals surface area (Å²) in [6.45, 7) is 4.78. The first-order valence-corrected chi connectivity index (χ1v) is 8.12. The van der Waals surface area contributed by atoms with E-state index in [-0.39, 0.29) is 5.92 Å². The van der Waals surface area contributed by atoms with E-state index in [1.807, 2.05) is 30.4 Å². The van der Waals surface area contributed by atoms with Gasteiger partial charge in [0.25, 0.3) is 0 Å². The van der Waals surface area contributed by atoms with Crippen LogP contribution in [0, 0.1) is 0 Å². The Kier molecular flexibility index (Phi) is 4.76. The summed E-state index contributed by atoms with van der Waals surface area (Å²) in [5.74, 6) is 4.07. The van der Waals surface area contributed by atoms with Gasteiger partial charge in [0, 0.05) is 29.2 Å². The molecule has 0 spiro atoms. The Morgan fingerprint density at radius 2 is 2.24 bits per heavy atom. The zero-order valence-corrected chi connectivity index (χ0v) is 11.9. The number of aromatic nitrogens is 2. The molecule has 0 bridgehead atoms. The highest BCUT2D eigenvalue weighted by atomic mass is 32.2. The fourth-order valence-corrected chi connectivity index (χ4v) is 4.79. The van der Waals surface area contributed by atoms with E-state index in [0.717, 1.165) is 12.2 Å². The Morgan fingerprint density at radius 1 is 1.47 bits per heavy atom. The maximum atomic E-state index is 5.61. The van der Waals surface area contributed by atoms with Crippen LogP contribution in [-0.4, -0.2) is 33.4 Å². The highest BCUT2D eigenvalue weighted by Gasteiger charge is 2.30. The molecule has 6 heteroatoms. The van der Waals surface area contributed by atoms with Crippen molar-refractivity contribution in [2.45, 2.75) is 36.7 Å². The molecule has 0 radical (unpaired) electrons. The summed E-state index contributed by atoms with van der Waals surface area (Å²) in [6, 6.07) is 0. The molecule has 2 heterocycles. The van der Waals surface area contributed by atoms with Gasteiger partial charge in [0.1, 0.15) is 0 Å². The van der Waals surface area contributed by atoms with E-state index in [4.69, 9.17) is 10.3 Å². The largest absolute Gasteiger partial charge is 0.339 e. The SMILES string of the molecule is CCC1SCCSC1c1noc(C(C)CN)n1. The molecule has 1 aliphatic heterocycles. The highest BCUT2D eigenvalue weighted by molar-refractivity contribution is 8.06. The smallest absolute Gasteiger partial charge is 0.230 e. The molecular formula is C11H19N3OS2. The van der Waals surface area contributed by atoms with Crippen molar-refractivity contribution in [3.8, 4) is 0 Å². The first kappa shape index (κ1) is 13.2. The van der Waals surface area contributed by atoms with Gasteiger partial charge in [-0.25, -0.2) is 0 Å². The van der Waals surface area contributed by atoms with E-state index in [1.165, 1.54) is 11.5 Å². The zero-order valence-electron chi connectivity index (χ0n) is 10.3. The lowest BCUT2D eigenvalue weighted by molar-refractivity contribution is 0.356. The van der Waals surface area contributed by atoms with Crippen molar-refractivity contribution in [3.63, 3.8) is 0 Å². The normalized spacial score (nSPS) is 27.0. The average Bonchev–Trinajstić information content (AvgIpc) is 2.87. The van der Waals surface area contributed by atoms with E-state index in [2.05, 4.69) is 17.1 Å². The Morgan fingerprint density at radius 3 is 2.94 bits per heavy atom. The second kappa shape index (κ2) is 6.11. The molecule has 96 valence electrons. The number of nitrogens with zero attached hydrogens (tertiary/aromatic N) is 2. The van der Waals surface area contributed by atoms with Gasteiger partial charge in [-0.15, -0.1) is 11.8 Å². The van der Waals surface area contributed by atoms with Crippen molar-refractivity contribution in [1.82, 2.24) is 10.1 Å². The molecule has 17 heavy (non-hydrogen) atoms. The summed E-state index contributed by atoms with van der Waals surface area (Å²) in [4.78, 5) is 4.51. The second-order valence-corrected chi connectivity index (χ2v) is 6.83. The molecular weight excluding hydrogens is 254 g/mol. The fourth-order valence-electron chi connectivity index (χ4n) is 1.81. The van der Waals surface area contributed by atoms with Crippen molar-refractivity contribution < 1.29 is 4.52 Å². The summed E-state index contributed by atoms with van der Waals surface area (Å²) < 4.78 is 5.30. The number of nitrogens with two attached hydrogens (primary N) is 1. The molecule has 2 N–H and O–H groups in total. The number of rotatable bonds is 4. The van der Waals surface area contributed by atoms with Crippen LogP contribution in [-0.2, 0) is 0 Å². The lowest BCUT2D eigenvalue weighted by Gasteiger charge is -2.27. The summed E-state index contributed by atoms with van der Waals surface area (Å²) in [5.41, 5.74) is 5.61. The van der Waals surface area contributed by atoms with Crippen LogP contribution in [0.5, 0.6) is 0 Å². The predicted molar refractivity (Wildman–Crippen MR) is 73.5 cm³/mol. The van der Waals surface area contributed by atoms with Gasteiger partial charge in [0.15, 0.2) is 5.82 Å². The third-order valence-electron chi connectivity index (χ3n) is 2.94. The van der Waals surface area contributed by atoms with Crippen molar-refractivity contribution in [2.24, 2.45) is 5.73 Å². The Labute approximate surface area is 110 Å². The van der Waals surface area contributed by atoms with Gasteiger partial charge in [-0.3, -0.25) is 0 Å². The molecule has 3 atom stereocenters. The lowest BCUT2D eigenvalue weighted by atomic mass is 10.2. The van der Waals surface area contributed by atoms with Crippen molar-refractivity contribution in [2.75, 3.05) is 18.1 Å². The Hall–Kier alpha value is -0.200. The van der Waals surface area contributed by atoms with Gasteiger partial charge in [0.05, 0.1) is 5.25 Å². The minimum atomic E-state index is 0.151. The first-order valence-electron chi connectivity index (χ1n) is 6.03. The molecule has 0 amide bonds. The number of hydrogen-bond acceptors (Lipinski definition) is 6. The van der Waals surface area contributed by atoms with Crippen LogP contribution in [0.25, 0.3) is 0 Å². The van der Waals surface area contributed by atoms with Crippen molar-refractivity contribution in [3.05, 3.63) is 11.7 Å². The van der Waals surface area contributed by atoms with Crippen LogP contribution >= 0.6 is 23.5 Å². The molecule has 1 aromatic heterocycles. The second-order valence-electron chi connectivity index (χ2n) is 4.24. The van der Waals surface area contributed by atoms with Crippen molar-refractivity contribution in [1.29, 1.82) is 0 Å². The molecule has 1 aliphatic rings.